The summed E-state index contributed by atoms with van der Waals surface area (Å²) in [5.74, 6) is -1.26. The molecule has 33 heavy (non-hydrogen) atoms. The van der Waals surface area contributed by atoms with Gasteiger partial charge in [-0.3, -0.25) is 4.79 Å². The Labute approximate surface area is 194 Å². The topological polar surface area (TPSA) is 109 Å². The van der Waals surface area contributed by atoms with Crippen LogP contribution in [0.4, 0.5) is 5.69 Å². The first-order valence-electron chi connectivity index (χ1n) is 11.0. The Morgan fingerprint density at radius 1 is 1.12 bits per heavy atom. The van der Waals surface area contributed by atoms with Gasteiger partial charge in [0.1, 0.15) is 0 Å². The van der Waals surface area contributed by atoms with E-state index in [4.69, 9.17) is 9.15 Å². The molecule has 10 heteroatoms. The summed E-state index contributed by atoms with van der Waals surface area (Å²) >= 11 is 0. The second-order valence-corrected chi connectivity index (χ2v) is 10.1. The van der Waals surface area contributed by atoms with Gasteiger partial charge in [0.25, 0.3) is 10.0 Å². The molecule has 1 N–H and O–H groups in total. The van der Waals surface area contributed by atoms with Crippen molar-refractivity contribution in [3.8, 4) is 0 Å². The third kappa shape index (κ3) is 6.43. The summed E-state index contributed by atoms with van der Waals surface area (Å²) in [6.45, 7) is 3.16. The van der Waals surface area contributed by atoms with Crippen molar-refractivity contribution < 1.29 is 27.2 Å². The number of carbonyl (C=O) groups is 2. The highest BCUT2D eigenvalue weighted by Crippen LogP contribution is 2.26. The van der Waals surface area contributed by atoms with Crippen LogP contribution in [-0.4, -0.2) is 69.8 Å². The number of nitrogens with one attached hydrogen (secondary N) is 1. The Hall–Kier alpha value is -2.69. The Kier molecular flexibility index (Phi) is 8.28. The standard InChI is InChI=1S/C23H31N3O6S/c1-4-31-23(28)20-9-10-21(32-20)33(29,30)26-15-12-18(13-16-26)22(27)24-19-7-5-17(6-8-19)11-14-25(2)3/h5-10,18H,4,11-16H2,1-3H3,(H,24,27). The van der Waals surface area contributed by atoms with Gasteiger partial charge in [0.05, 0.1) is 6.61 Å². The van der Waals surface area contributed by atoms with Gasteiger partial charge < -0.3 is 19.4 Å². The van der Waals surface area contributed by atoms with Gasteiger partial charge in [0.15, 0.2) is 0 Å². The number of sulfonamides is 1. The molecule has 0 aliphatic carbocycles. The van der Waals surface area contributed by atoms with Crippen molar-refractivity contribution in [3.63, 3.8) is 0 Å². The quantitative estimate of drug-likeness (QED) is 0.553. The zero-order valence-electron chi connectivity index (χ0n) is 19.2. The average molecular weight is 478 g/mol. The number of amides is 1. The maximum absolute atomic E-state index is 12.9. The maximum Gasteiger partial charge on any atom is 0.374 e. The van der Waals surface area contributed by atoms with Crippen molar-refractivity contribution in [2.45, 2.75) is 31.3 Å². The van der Waals surface area contributed by atoms with Crippen molar-refractivity contribution in [3.05, 3.63) is 47.7 Å². The van der Waals surface area contributed by atoms with Crippen molar-refractivity contribution in [1.29, 1.82) is 0 Å². The van der Waals surface area contributed by atoms with E-state index in [9.17, 15) is 18.0 Å². The molecule has 0 unspecified atom stereocenters. The molecule has 1 aliphatic rings. The number of nitrogens with zero attached hydrogens (tertiary/aromatic N) is 2. The Morgan fingerprint density at radius 3 is 2.39 bits per heavy atom. The van der Waals surface area contributed by atoms with Crippen molar-refractivity contribution in [1.82, 2.24) is 9.21 Å². The van der Waals surface area contributed by atoms with Gasteiger partial charge >= 0.3 is 5.97 Å². The van der Waals surface area contributed by atoms with Crippen LogP contribution in [0.25, 0.3) is 0 Å². The van der Waals surface area contributed by atoms with E-state index in [1.54, 1.807) is 6.92 Å². The summed E-state index contributed by atoms with van der Waals surface area (Å²) in [6, 6.07) is 10.3. The number of hydrogen-bond acceptors (Lipinski definition) is 7. The first-order valence-corrected chi connectivity index (χ1v) is 12.5. The van der Waals surface area contributed by atoms with E-state index in [1.165, 1.54) is 22.0 Å². The van der Waals surface area contributed by atoms with Crippen molar-refractivity contribution >= 4 is 27.6 Å². The number of carbonyl (C=O) groups excluding carboxylic acids is 2. The zero-order chi connectivity index (χ0) is 24.0. The highest BCUT2D eigenvalue weighted by atomic mass is 32.2. The number of ether oxygens (including phenoxy) is 1. The number of anilines is 1. The van der Waals surface area contributed by atoms with Crippen molar-refractivity contribution in [2.75, 3.05) is 45.7 Å². The summed E-state index contributed by atoms with van der Waals surface area (Å²) in [5.41, 5.74) is 1.93. The van der Waals surface area contributed by atoms with Crippen LogP contribution < -0.4 is 5.32 Å². The van der Waals surface area contributed by atoms with Gasteiger partial charge in [-0.2, -0.15) is 4.31 Å². The van der Waals surface area contributed by atoms with Crippen LogP contribution in [0.2, 0.25) is 0 Å². The summed E-state index contributed by atoms with van der Waals surface area (Å²) in [4.78, 5) is 26.5. The molecule has 2 heterocycles. The first-order chi connectivity index (χ1) is 15.7. The molecule has 0 bridgehead atoms. The Bertz CT molecular complexity index is 1050. The minimum Gasteiger partial charge on any atom is -0.460 e. The van der Waals surface area contributed by atoms with E-state index in [0.29, 0.717) is 12.8 Å². The van der Waals surface area contributed by atoms with Gasteiger partial charge in [0, 0.05) is 31.2 Å². The van der Waals surface area contributed by atoms with Crippen LogP contribution in [0, 0.1) is 5.92 Å². The fourth-order valence-electron chi connectivity index (χ4n) is 3.61. The molecular formula is C23H31N3O6S. The fraction of sp³-hybridized carbons (Fsp3) is 0.478. The summed E-state index contributed by atoms with van der Waals surface area (Å²) in [5, 5.41) is 2.63. The molecule has 1 saturated heterocycles. The third-order valence-electron chi connectivity index (χ3n) is 5.55. The molecule has 0 saturated carbocycles. The number of benzene rings is 1. The van der Waals surface area contributed by atoms with Crippen LogP contribution in [0.15, 0.2) is 45.9 Å². The number of hydrogen-bond donors (Lipinski definition) is 1. The van der Waals surface area contributed by atoms with E-state index in [0.717, 1.165) is 18.7 Å². The maximum atomic E-state index is 12.9. The van der Waals surface area contributed by atoms with E-state index < -0.39 is 16.0 Å². The van der Waals surface area contributed by atoms with E-state index in [1.807, 2.05) is 38.4 Å². The molecule has 0 radical (unpaired) electrons. The van der Waals surface area contributed by atoms with E-state index in [-0.39, 0.29) is 42.4 Å². The molecule has 1 aromatic carbocycles. The van der Waals surface area contributed by atoms with Gasteiger partial charge in [-0.25, -0.2) is 13.2 Å². The van der Waals surface area contributed by atoms with Gasteiger partial charge in [-0.1, -0.05) is 12.1 Å². The Balaban J connectivity index is 1.53. The minimum absolute atomic E-state index is 0.115. The number of rotatable bonds is 9. The highest BCUT2D eigenvalue weighted by Gasteiger charge is 2.34. The lowest BCUT2D eigenvalue weighted by Gasteiger charge is -2.29. The molecular weight excluding hydrogens is 446 g/mol. The molecule has 1 aliphatic heterocycles. The fourth-order valence-corrected chi connectivity index (χ4v) is 4.99. The van der Waals surface area contributed by atoms with Gasteiger partial charge in [0.2, 0.25) is 16.8 Å². The number of piperidine rings is 1. The molecule has 9 nitrogen and oxygen atoms in total. The summed E-state index contributed by atoms with van der Waals surface area (Å²) < 4.78 is 37.0. The first kappa shape index (κ1) is 24.9. The van der Waals surface area contributed by atoms with Crippen LogP contribution >= 0.6 is 0 Å². The molecule has 1 aromatic heterocycles. The summed E-state index contributed by atoms with van der Waals surface area (Å²) in [7, 11) is 0.166. The predicted octanol–water partition coefficient (Wildman–Crippen LogP) is 2.60. The van der Waals surface area contributed by atoms with Crippen LogP contribution in [0.5, 0.6) is 0 Å². The number of furan rings is 1. The normalized spacial score (nSPS) is 15.5. The second kappa shape index (κ2) is 11.0. The lowest BCUT2D eigenvalue weighted by Crippen LogP contribution is -2.41. The summed E-state index contributed by atoms with van der Waals surface area (Å²) in [6.07, 6.45) is 1.74. The van der Waals surface area contributed by atoms with E-state index >= 15 is 0 Å². The molecule has 3 rings (SSSR count). The molecule has 0 spiro atoms. The smallest absolute Gasteiger partial charge is 0.374 e. The molecule has 1 amide bonds. The van der Waals surface area contributed by atoms with Gasteiger partial charge in [-0.15, -0.1) is 0 Å². The number of likely N-dealkylation sites (N-methyl/N-ethyl adjacent to an activating group) is 1. The average Bonchev–Trinajstić information content (AvgIpc) is 3.30. The predicted molar refractivity (Wildman–Crippen MR) is 123 cm³/mol. The molecule has 2 aromatic rings. The lowest BCUT2D eigenvalue weighted by atomic mass is 9.97. The Morgan fingerprint density at radius 2 is 1.79 bits per heavy atom. The molecule has 1 fully saturated rings. The lowest BCUT2D eigenvalue weighted by molar-refractivity contribution is -0.120. The highest BCUT2D eigenvalue weighted by molar-refractivity contribution is 7.89. The van der Waals surface area contributed by atoms with Crippen LogP contribution in [0.3, 0.4) is 0 Å². The van der Waals surface area contributed by atoms with E-state index in [2.05, 4.69) is 10.2 Å². The van der Waals surface area contributed by atoms with Crippen molar-refractivity contribution in [2.24, 2.45) is 5.92 Å². The van der Waals surface area contributed by atoms with Crippen LogP contribution in [0.1, 0.15) is 35.9 Å². The minimum atomic E-state index is -3.89. The largest absolute Gasteiger partial charge is 0.460 e. The zero-order valence-corrected chi connectivity index (χ0v) is 20.1. The molecule has 180 valence electrons. The monoisotopic (exact) mass is 477 g/mol. The third-order valence-corrected chi connectivity index (χ3v) is 7.32. The SMILES string of the molecule is CCOC(=O)c1ccc(S(=O)(=O)N2CCC(C(=O)Nc3ccc(CCN(C)C)cc3)CC2)o1. The molecule has 0 atom stereocenters. The number of esters is 1. The van der Waals surface area contributed by atoms with Crippen LogP contribution in [-0.2, 0) is 26.0 Å². The van der Waals surface area contributed by atoms with Gasteiger partial charge in [-0.05, 0) is 70.1 Å². The second-order valence-electron chi connectivity index (χ2n) is 8.26.